The van der Waals surface area contributed by atoms with Crippen LogP contribution < -0.4 is 0 Å². The van der Waals surface area contributed by atoms with Crippen molar-refractivity contribution in [3.8, 4) is 0 Å². The zero-order valence-corrected chi connectivity index (χ0v) is 11.9. The molecule has 0 bridgehead atoms. The summed E-state index contributed by atoms with van der Waals surface area (Å²) >= 11 is 0. The maximum absolute atomic E-state index is 12.3. The lowest BCUT2D eigenvalue weighted by Crippen LogP contribution is -2.23. The van der Waals surface area contributed by atoms with E-state index in [2.05, 4.69) is 19.9 Å². The van der Waals surface area contributed by atoms with Crippen LogP contribution in [0.15, 0.2) is 24.3 Å². The predicted octanol–water partition coefficient (Wildman–Crippen LogP) is 3.88. The van der Waals surface area contributed by atoms with E-state index in [9.17, 15) is 4.79 Å². The minimum Gasteiger partial charge on any atom is -0.370 e. The Balaban J connectivity index is 2.84. The highest BCUT2D eigenvalue weighted by molar-refractivity contribution is 5.99. The normalized spacial score (nSPS) is 12.7. The number of ketones is 1. The predicted molar refractivity (Wildman–Crippen MR) is 75.0 cm³/mol. The summed E-state index contributed by atoms with van der Waals surface area (Å²) in [5, 5.41) is 0. The average molecular weight is 248 g/mol. The lowest BCUT2D eigenvalue weighted by Gasteiger charge is -2.14. The van der Waals surface area contributed by atoms with Gasteiger partial charge < -0.3 is 4.74 Å². The third kappa shape index (κ3) is 4.26. The molecule has 1 aromatic carbocycles. The van der Waals surface area contributed by atoms with E-state index in [1.165, 1.54) is 5.56 Å². The third-order valence-corrected chi connectivity index (χ3v) is 2.89. The van der Waals surface area contributed by atoms with Crippen molar-refractivity contribution < 1.29 is 9.53 Å². The average Bonchev–Trinajstić information content (AvgIpc) is 2.34. The molecule has 0 heterocycles. The first-order valence-corrected chi connectivity index (χ1v) is 6.83. The van der Waals surface area contributed by atoms with Crippen LogP contribution in [-0.2, 0) is 11.2 Å². The highest BCUT2D eigenvalue weighted by atomic mass is 16.5. The van der Waals surface area contributed by atoms with Gasteiger partial charge in [0.1, 0.15) is 6.10 Å². The smallest absolute Gasteiger partial charge is 0.191 e. The van der Waals surface area contributed by atoms with Gasteiger partial charge in [-0.1, -0.05) is 39.0 Å². The van der Waals surface area contributed by atoms with Gasteiger partial charge in [0.15, 0.2) is 5.78 Å². The molecule has 1 aromatic rings. The van der Waals surface area contributed by atoms with Crippen LogP contribution in [0.3, 0.4) is 0 Å². The van der Waals surface area contributed by atoms with Crippen molar-refractivity contribution in [2.75, 3.05) is 6.61 Å². The number of hydrogen-bond donors (Lipinski definition) is 0. The van der Waals surface area contributed by atoms with Gasteiger partial charge in [0.2, 0.25) is 0 Å². The number of benzene rings is 1. The van der Waals surface area contributed by atoms with Gasteiger partial charge in [-0.05, 0) is 37.3 Å². The van der Waals surface area contributed by atoms with Crippen LogP contribution in [0.2, 0.25) is 0 Å². The van der Waals surface area contributed by atoms with Crippen LogP contribution in [0.1, 0.15) is 50.0 Å². The van der Waals surface area contributed by atoms with Crippen molar-refractivity contribution >= 4 is 5.78 Å². The summed E-state index contributed by atoms with van der Waals surface area (Å²) in [7, 11) is 0. The second-order valence-electron chi connectivity index (χ2n) is 5.01. The first-order valence-electron chi connectivity index (χ1n) is 6.83. The van der Waals surface area contributed by atoms with Crippen LogP contribution in [0, 0.1) is 5.92 Å². The molecule has 0 aliphatic carbocycles. The first-order chi connectivity index (χ1) is 8.58. The molecule has 0 fully saturated rings. The number of carbonyl (C=O) groups is 1. The summed E-state index contributed by atoms with van der Waals surface area (Å²) in [5.74, 6) is 0.703. The molecule has 2 heteroatoms. The fraction of sp³-hybridized carbons (Fsp3) is 0.562. The van der Waals surface area contributed by atoms with Crippen molar-refractivity contribution in [1.82, 2.24) is 0 Å². The van der Waals surface area contributed by atoms with Crippen molar-refractivity contribution in [3.63, 3.8) is 0 Å². The minimum absolute atomic E-state index is 0.102. The van der Waals surface area contributed by atoms with E-state index in [1.807, 2.05) is 32.0 Å². The molecule has 0 saturated carbocycles. The number of rotatable bonds is 7. The van der Waals surface area contributed by atoms with E-state index in [-0.39, 0.29) is 11.9 Å². The largest absolute Gasteiger partial charge is 0.370 e. The molecule has 1 atom stereocenters. The Morgan fingerprint density at radius 3 is 2.56 bits per heavy atom. The molecule has 0 amide bonds. The van der Waals surface area contributed by atoms with Gasteiger partial charge in [0, 0.05) is 12.2 Å². The van der Waals surface area contributed by atoms with E-state index in [0.717, 1.165) is 18.4 Å². The minimum atomic E-state index is -0.302. The zero-order chi connectivity index (χ0) is 13.5. The number of hydrogen-bond acceptors (Lipinski definition) is 2. The van der Waals surface area contributed by atoms with Gasteiger partial charge in [-0.25, -0.2) is 0 Å². The Labute approximate surface area is 110 Å². The van der Waals surface area contributed by atoms with Crippen LogP contribution in [0.25, 0.3) is 0 Å². The zero-order valence-electron chi connectivity index (χ0n) is 11.9. The highest BCUT2D eigenvalue weighted by Crippen LogP contribution is 2.14. The lowest BCUT2D eigenvalue weighted by atomic mass is 9.97. The summed E-state index contributed by atoms with van der Waals surface area (Å²) in [6.07, 6.45) is 1.43. The SMILES string of the molecule is CCOC(CC)C(=O)c1cccc(CC(C)C)c1. The van der Waals surface area contributed by atoms with Crippen molar-refractivity contribution in [2.45, 2.75) is 46.6 Å². The molecule has 100 valence electrons. The van der Waals surface area contributed by atoms with Gasteiger partial charge in [0.25, 0.3) is 0 Å². The van der Waals surface area contributed by atoms with E-state index in [0.29, 0.717) is 12.5 Å². The van der Waals surface area contributed by atoms with Crippen LogP contribution in [-0.4, -0.2) is 18.5 Å². The Bertz CT molecular complexity index is 382. The summed E-state index contributed by atoms with van der Waals surface area (Å²) < 4.78 is 5.48. The lowest BCUT2D eigenvalue weighted by molar-refractivity contribution is 0.0444. The maximum atomic E-state index is 12.3. The molecule has 1 rings (SSSR count). The molecule has 0 N–H and O–H groups in total. The van der Waals surface area contributed by atoms with Gasteiger partial charge >= 0.3 is 0 Å². The van der Waals surface area contributed by atoms with Crippen molar-refractivity contribution in [1.29, 1.82) is 0 Å². The Morgan fingerprint density at radius 2 is 2.00 bits per heavy atom. The number of Topliss-reactive ketones (excluding diaryl/α,β-unsaturated/α-hetero) is 1. The van der Waals surface area contributed by atoms with Gasteiger partial charge in [0.05, 0.1) is 0 Å². The van der Waals surface area contributed by atoms with Gasteiger partial charge in [-0.3, -0.25) is 4.79 Å². The quantitative estimate of drug-likeness (QED) is 0.684. The molecule has 0 saturated heterocycles. The molecular formula is C16H24O2. The van der Waals surface area contributed by atoms with Crippen molar-refractivity contribution in [3.05, 3.63) is 35.4 Å². The van der Waals surface area contributed by atoms with Crippen LogP contribution >= 0.6 is 0 Å². The monoisotopic (exact) mass is 248 g/mol. The maximum Gasteiger partial charge on any atom is 0.191 e. The number of ether oxygens (including phenoxy) is 1. The van der Waals surface area contributed by atoms with Crippen molar-refractivity contribution in [2.24, 2.45) is 5.92 Å². The first kappa shape index (κ1) is 14.9. The summed E-state index contributed by atoms with van der Waals surface area (Å²) in [6.45, 7) is 8.85. The fourth-order valence-corrected chi connectivity index (χ4v) is 2.09. The molecule has 0 radical (unpaired) electrons. The highest BCUT2D eigenvalue weighted by Gasteiger charge is 2.18. The fourth-order valence-electron chi connectivity index (χ4n) is 2.09. The van der Waals surface area contributed by atoms with E-state index >= 15 is 0 Å². The van der Waals surface area contributed by atoms with E-state index in [4.69, 9.17) is 4.74 Å². The second-order valence-corrected chi connectivity index (χ2v) is 5.01. The topological polar surface area (TPSA) is 26.3 Å². The van der Waals surface area contributed by atoms with E-state index < -0.39 is 0 Å². The molecule has 0 spiro atoms. The third-order valence-electron chi connectivity index (χ3n) is 2.89. The standard InChI is InChI=1S/C16H24O2/c1-5-15(18-6-2)16(17)14-9-7-8-13(11-14)10-12(3)4/h7-9,11-12,15H,5-6,10H2,1-4H3. The summed E-state index contributed by atoms with van der Waals surface area (Å²) in [6, 6.07) is 7.93. The van der Waals surface area contributed by atoms with Crippen LogP contribution in [0.5, 0.6) is 0 Å². The summed E-state index contributed by atoms with van der Waals surface area (Å²) in [5.41, 5.74) is 2.00. The Hall–Kier alpha value is -1.15. The molecule has 0 aromatic heterocycles. The summed E-state index contributed by atoms with van der Waals surface area (Å²) in [4.78, 5) is 12.3. The molecule has 1 unspecified atom stereocenters. The Kier molecular flexibility index (Phi) is 6.06. The second kappa shape index (κ2) is 7.32. The Morgan fingerprint density at radius 1 is 1.28 bits per heavy atom. The molecule has 0 aliphatic heterocycles. The molecule has 0 aliphatic rings. The molecule has 18 heavy (non-hydrogen) atoms. The molecule has 2 nitrogen and oxygen atoms in total. The van der Waals surface area contributed by atoms with Gasteiger partial charge in [-0.2, -0.15) is 0 Å². The molecular weight excluding hydrogens is 224 g/mol. The van der Waals surface area contributed by atoms with E-state index in [1.54, 1.807) is 0 Å². The van der Waals surface area contributed by atoms with Crippen LogP contribution in [0.4, 0.5) is 0 Å². The van der Waals surface area contributed by atoms with Gasteiger partial charge in [-0.15, -0.1) is 0 Å². The number of carbonyl (C=O) groups excluding carboxylic acids is 1.